The minimum atomic E-state index is 0.442. The molecule has 0 amide bonds. The molecule has 2 rings (SSSR count). The van der Waals surface area contributed by atoms with Crippen LogP contribution >= 0.6 is 0 Å². The minimum Gasteiger partial charge on any atom is -0.327 e. The van der Waals surface area contributed by atoms with Crippen LogP contribution in [0.3, 0.4) is 0 Å². The Morgan fingerprint density at radius 3 is 2.09 bits per heavy atom. The van der Waals surface area contributed by atoms with E-state index in [4.69, 9.17) is 5.73 Å². The zero-order valence-electron chi connectivity index (χ0n) is 7.85. The molecule has 3 atom stereocenters. The van der Waals surface area contributed by atoms with Crippen molar-refractivity contribution in [1.29, 1.82) is 0 Å². The van der Waals surface area contributed by atoms with Gasteiger partial charge in [-0.2, -0.15) is 0 Å². The lowest BCUT2D eigenvalue weighted by molar-refractivity contribution is 0.136. The van der Waals surface area contributed by atoms with Gasteiger partial charge >= 0.3 is 0 Å². The van der Waals surface area contributed by atoms with Crippen LogP contribution in [0.4, 0.5) is 0 Å². The van der Waals surface area contributed by atoms with Crippen molar-refractivity contribution in [2.24, 2.45) is 22.5 Å². The van der Waals surface area contributed by atoms with Crippen molar-refractivity contribution in [3.05, 3.63) is 0 Å². The molecule has 0 spiro atoms. The van der Waals surface area contributed by atoms with E-state index < -0.39 is 0 Å². The van der Waals surface area contributed by atoms with Crippen LogP contribution in [0.2, 0.25) is 0 Å². The summed E-state index contributed by atoms with van der Waals surface area (Å²) < 4.78 is 0. The van der Waals surface area contributed by atoms with Gasteiger partial charge in [0.2, 0.25) is 0 Å². The summed E-state index contributed by atoms with van der Waals surface area (Å²) in [6, 6.07) is 0.469. The van der Waals surface area contributed by atoms with Crippen LogP contribution in [0.5, 0.6) is 0 Å². The summed E-state index contributed by atoms with van der Waals surface area (Å²) in [5, 5.41) is 0. The van der Waals surface area contributed by atoms with E-state index in [-0.39, 0.29) is 0 Å². The van der Waals surface area contributed by atoms with E-state index in [0.717, 1.165) is 5.92 Å². The predicted molar refractivity (Wildman–Crippen MR) is 47.2 cm³/mol. The number of rotatable bonds is 0. The second-order valence-electron chi connectivity index (χ2n) is 5.22. The van der Waals surface area contributed by atoms with E-state index in [2.05, 4.69) is 20.8 Å². The highest BCUT2D eigenvalue weighted by molar-refractivity contribution is 5.11. The molecule has 2 aliphatic rings. The maximum Gasteiger partial charge on any atom is 0.0101 e. The lowest BCUT2D eigenvalue weighted by Gasteiger charge is -2.37. The molecule has 2 fully saturated rings. The molecule has 1 nitrogen and oxygen atoms in total. The van der Waals surface area contributed by atoms with E-state index in [1.54, 1.807) is 0 Å². The van der Waals surface area contributed by atoms with Gasteiger partial charge in [0.05, 0.1) is 0 Å². The fourth-order valence-corrected chi connectivity index (χ4v) is 3.27. The van der Waals surface area contributed by atoms with Gasteiger partial charge in [0, 0.05) is 6.04 Å². The summed E-state index contributed by atoms with van der Waals surface area (Å²) in [6.07, 6.45) is 4.03. The van der Waals surface area contributed by atoms with E-state index >= 15 is 0 Å². The van der Waals surface area contributed by atoms with Crippen molar-refractivity contribution in [3.8, 4) is 0 Å². The van der Waals surface area contributed by atoms with E-state index in [9.17, 15) is 0 Å². The highest BCUT2D eigenvalue weighted by Gasteiger charge is 2.59. The highest BCUT2D eigenvalue weighted by Crippen LogP contribution is 2.64. The Kier molecular flexibility index (Phi) is 1.26. The molecular weight excluding hydrogens is 134 g/mol. The largest absolute Gasteiger partial charge is 0.327 e. The smallest absolute Gasteiger partial charge is 0.0101 e. The maximum atomic E-state index is 6.13. The van der Waals surface area contributed by atoms with Gasteiger partial charge in [0.1, 0.15) is 0 Å². The molecule has 2 bridgehead atoms. The van der Waals surface area contributed by atoms with Gasteiger partial charge in [0.25, 0.3) is 0 Å². The Hall–Kier alpha value is -0.0400. The zero-order chi connectivity index (χ0) is 8.28. The quantitative estimate of drug-likeness (QED) is 0.567. The molecule has 0 aromatic heterocycles. The molecule has 0 aromatic rings. The molecule has 0 radical (unpaired) electrons. The lowest BCUT2D eigenvalue weighted by Crippen LogP contribution is -2.40. The van der Waals surface area contributed by atoms with Crippen molar-refractivity contribution in [1.82, 2.24) is 0 Å². The number of hydrogen-bond donors (Lipinski definition) is 1. The van der Waals surface area contributed by atoms with Gasteiger partial charge in [-0.05, 0) is 36.0 Å². The van der Waals surface area contributed by atoms with Gasteiger partial charge in [-0.25, -0.2) is 0 Å². The number of hydrogen-bond acceptors (Lipinski definition) is 1. The fourth-order valence-electron chi connectivity index (χ4n) is 3.27. The molecule has 0 aliphatic heterocycles. The van der Waals surface area contributed by atoms with Gasteiger partial charge in [-0.1, -0.05) is 20.8 Å². The van der Waals surface area contributed by atoms with Crippen LogP contribution in [0.15, 0.2) is 0 Å². The Morgan fingerprint density at radius 1 is 1.27 bits per heavy atom. The van der Waals surface area contributed by atoms with E-state index in [0.29, 0.717) is 16.9 Å². The van der Waals surface area contributed by atoms with Crippen LogP contribution in [0, 0.1) is 16.7 Å². The second-order valence-corrected chi connectivity index (χ2v) is 5.22. The summed E-state index contributed by atoms with van der Waals surface area (Å²) >= 11 is 0. The first-order chi connectivity index (χ1) is 4.98. The monoisotopic (exact) mass is 153 g/mol. The molecule has 0 unspecified atom stereocenters. The average Bonchev–Trinajstić information content (AvgIpc) is 2.20. The number of nitrogens with two attached hydrogens (primary N) is 1. The summed E-state index contributed by atoms with van der Waals surface area (Å²) in [4.78, 5) is 0. The van der Waals surface area contributed by atoms with Crippen LogP contribution in [-0.4, -0.2) is 6.04 Å². The summed E-state index contributed by atoms with van der Waals surface area (Å²) in [7, 11) is 0. The molecule has 11 heavy (non-hydrogen) atoms. The molecule has 64 valence electrons. The standard InChI is InChI=1S/C10H19N/c1-9(2)7-4-5-10(9,3)8(11)6-7/h7-8H,4-6,11H2,1-3H3/t7-,8-,10+/m0/s1. The van der Waals surface area contributed by atoms with Gasteiger partial charge < -0.3 is 5.73 Å². The van der Waals surface area contributed by atoms with Gasteiger partial charge in [-0.15, -0.1) is 0 Å². The van der Waals surface area contributed by atoms with Crippen molar-refractivity contribution < 1.29 is 0 Å². The minimum absolute atomic E-state index is 0.442. The molecule has 2 saturated carbocycles. The van der Waals surface area contributed by atoms with E-state index in [1.165, 1.54) is 19.3 Å². The molecule has 0 aromatic carbocycles. The maximum absolute atomic E-state index is 6.13. The van der Waals surface area contributed by atoms with Crippen molar-refractivity contribution >= 4 is 0 Å². The molecule has 0 heterocycles. The summed E-state index contributed by atoms with van der Waals surface area (Å²) in [6.45, 7) is 7.18. The first-order valence-electron chi connectivity index (χ1n) is 4.74. The van der Waals surface area contributed by atoms with Crippen LogP contribution in [0.25, 0.3) is 0 Å². The SMILES string of the molecule is CC1(C)[C@H]2CC[C@]1(C)[C@@H](N)C2. The van der Waals surface area contributed by atoms with Crippen molar-refractivity contribution in [2.45, 2.75) is 46.1 Å². The molecule has 2 aliphatic carbocycles. The molecular formula is C10H19N. The zero-order valence-corrected chi connectivity index (χ0v) is 7.85. The third kappa shape index (κ3) is 0.658. The summed E-state index contributed by atoms with van der Waals surface area (Å²) in [5.41, 5.74) is 7.08. The molecule has 2 N–H and O–H groups in total. The highest BCUT2D eigenvalue weighted by atomic mass is 14.8. The third-order valence-corrected chi connectivity index (χ3v) is 4.86. The predicted octanol–water partition coefficient (Wildman–Crippen LogP) is 2.16. The Labute approximate surface area is 69.4 Å². The van der Waals surface area contributed by atoms with Crippen LogP contribution in [0.1, 0.15) is 40.0 Å². The second kappa shape index (κ2) is 1.82. The van der Waals surface area contributed by atoms with Crippen molar-refractivity contribution in [2.75, 3.05) is 0 Å². The van der Waals surface area contributed by atoms with Crippen molar-refractivity contribution in [3.63, 3.8) is 0 Å². The number of fused-ring (bicyclic) bond motifs is 2. The summed E-state index contributed by atoms with van der Waals surface area (Å²) in [5.74, 6) is 0.905. The van der Waals surface area contributed by atoms with Crippen LogP contribution in [-0.2, 0) is 0 Å². The first kappa shape index (κ1) is 7.60. The lowest BCUT2D eigenvalue weighted by atomic mass is 9.69. The average molecular weight is 153 g/mol. The Bertz CT molecular complexity index is 185. The Balaban J connectivity index is 2.40. The molecule has 1 heteroatoms. The fraction of sp³-hybridized carbons (Fsp3) is 1.00. The first-order valence-corrected chi connectivity index (χ1v) is 4.74. The van der Waals surface area contributed by atoms with Gasteiger partial charge in [0.15, 0.2) is 0 Å². The third-order valence-electron chi connectivity index (χ3n) is 4.86. The van der Waals surface area contributed by atoms with Crippen LogP contribution < -0.4 is 5.73 Å². The van der Waals surface area contributed by atoms with E-state index in [1.807, 2.05) is 0 Å². The Morgan fingerprint density at radius 2 is 1.91 bits per heavy atom. The van der Waals surface area contributed by atoms with Gasteiger partial charge in [-0.3, -0.25) is 0 Å². The topological polar surface area (TPSA) is 26.0 Å². The normalized spacial score (nSPS) is 53.5. The molecule has 0 saturated heterocycles.